The summed E-state index contributed by atoms with van der Waals surface area (Å²) in [5.41, 5.74) is 0. The van der Waals surface area contributed by atoms with Gasteiger partial charge in [-0.15, -0.1) is 11.3 Å². The van der Waals surface area contributed by atoms with E-state index in [1.165, 1.54) is 43.7 Å². The number of piperidine rings is 1. The van der Waals surface area contributed by atoms with Crippen molar-refractivity contribution in [2.45, 2.75) is 32.6 Å². The van der Waals surface area contributed by atoms with Crippen LogP contribution in [0.4, 0.5) is 0 Å². The predicted octanol–water partition coefficient (Wildman–Crippen LogP) is 1.92. The fourth-order valence-electron chi connectivity index (χ4n) is 2.16. The van der Waals surface area contributed by atoms with Crippen LogP contribution in [0.15, 0.2) is 6.20 Å². The number of hydrogen-bond acceptors (Lipinski definition) is 4. The Morgan fingerprint density at radius 1 is 1.44 bits per heavy atom. The third-order valence-electron chi connectivity index (χ3n) is 3.26. The molecule has 0 radical (unpaired) electrons. The molecule has 1 fully saturated rings. The summed E-state index contributed by atoms with van der Waals surface area (Å²) in [5.74, 6) is -0.0308. The Morgan fingerprint density at radius 3 is 2.89 bits per heavy atom. The molecule has 0 aliphatic carbocycles. The van der Waals surface area contributed by atoms with Crippen LogP contribution in [0.3, 0.4) is 0 Å². The van der Waals surface area contributed by atoms with Crippen molar-refractivity contribution in [3.8, 4) is 0 Å². The molecule has 0 aromatic carbocycles. The smallest absolute Gasteiger partial charge is 0.280 e. The molecule has 0 saturated carbocycles. The summed E-state index contributed by atoms with van der Waals surface area (Å²) in [6.45, 7) is 6.10. The molecule has 1 amide bonds. The normalized spacial score (nSPS) is 16.7. The molecule has 4 nitrogen and oxygen atoms in total. The Bertz CT molecular complexity index is 385. The summed E-state index contributed by atoms with van der Waals surface area (Å²) >= 11 is 1.49. The van der Waals surface area contributed by atoms with Gasteiger partial charge in [-0.25, -0.2) is 4.98 Å². The number of aromatic nitrogens is 1. The van der Waals surface area contributed by atoms with E-state index in [0.29, 0.717) is 5.01 Å². The van der Waals surface area contributed by atoms with Crippen LogP contribution in [0, 0.1) is 0 Å². The molecule has 1 N–H and O–H groups in total. The van der Waals surface area contributed by atoms with Gasteiger partial charge >= 0.3 is 0 Å². The average molecular weight is 267 g/mol. The topological polar surface area (TPSA) is 45.2 Å². The molecule has 1 aliphatic rings. The van der Waals surface area contributed by atoms with Gasteiger partial charge in [0.05, 0.1) is 0 Å². The highest BCUT2D eigenvalue weighted by molar-refractivity contribution is 7.13. The lowest BCUT2D eigenvalue weighted by Crippen LogP contribution is -2.37. The Morgan fingerprint density at radius 2 is 2.22 bits per heavy atom. The van der Waals surface area contributed by atoms with Crippen LogP contribution in [0.5, 0.6) is 0 Å². The summed E-state index contributed by atoms with van der Waals surface area (Å²) in [6.07, 6.45) is 6.67. The molecule has 1 saturated heterocycles. The summed E-state index contributed by atoms with van der Waals surface area (Å²) in [7, 11) is 0. The van der Waals surface area contributed by atoms with Crippen molar-refractivity contribution < 1.29 is 4.79 Å². The molecule has 100 valence electrons. The highest BCUT2D eigenvalue weighted by Gasteiger charge is 2.12. The molecule has 0 atom stereocenters. The lowest BCUT2D eigenvalue weighted by molar-refractivity contribution is 0.0946. The first-order valence-corrected chi connectivity index (χ1v) is 7.56. The third kappa shape index (κ3) is 3.78. The van der Waals surface area contributed by atoms with Crippen LogP contribution in [0.2, 0.25) is 0 Å². The first-order valence-electron chi connectivity index (χ1n) is 6.75. The lowest BCUT2D eigenvalue weighted by atomic mass is 10.1. The predicted molar refractivity (Wildman–Crippen MR) is 74.1 cm³/mol. The average Bonchev–Trinajstić information content (AvgIpc) is 2.89. The molecular formula is C13H21N3OS. The van der Waals surface area contributed by atoms with E-state index in [-0.39, 0.29) is 5.91 Å². The van der Waals surface area contributed by atoms with Gasteiger partial charge in [0, 0.05) is 24.2 Å². The van der Waals surface area contributed by atoms with E-state index in [4.69, 9.17) is 0 Å². The highest BCUT2D eigenvalue weighted by Crippen LogP contribution is 2.13. The Hall–Kier alpha value is -0.940. The summed E-state index contributed by atoms with van der Waals surface area (Å²) in [6, 6.07) is 0. The Balaban J connectivity index is 1.70. The van der Waals surface area contributed by atoms with Crippen molar-refractivity contribution in [2.75, 3.05) is 26.2 Å². The number of amides is 1. The van der Waals surface area contributed by atoms with Gasteiger partial charge in [-0.05, 0) is 32.4 Å². The number of thiazole rings is 1. The maximum absolute atomic E-state index is 11.8. The van der Waals surface area contributed by atoms with E-state index in [2.05, 4.69) is 22.1 Å². The summed E-state index contributed by atoms with van der Waals surface area (Å²) in [4.78, 5) is 19.6. The quantitative estimate of drug-likeness (QED) is 0.886. The molecular weight excluding hydrogens is 246 g/mol. The Labute approximate surface area is 112 Å². The largest absolute Gasteiger partial charge is 0.349 e. The van der Waals surface area contributed by atoms with Crippen molar-refractivity contribution in [3.63, 3.8) is 0 Å². The molecule has 2 rings (SSSR count). The number of rotatable bonds is 5. The second-order valence-electron chi connectivity index (χ2n) is 4.64. The van der Waals surface area contributed by atoms with Crippen molar-refractivity contribution in [1.29, 1.82) is 0 Å². The molecule has 0 spiro atoms. The first kappa shape index (κ1) is 13.5. The van der Waals surface area contributed by atoms with Crippen molar-refractivity contribution in [2.24, 2.45) is 0 Å². The maximum atomic E-state index is 11.8. The second-order valence-corrected chi connectivity index (χ2v) is 5.76. The number of hydrogen-bond donors (Lipinski definition) is 1. The SMILES string of the molecule is CCc1cnc(C(=O)NCCN2CCCCC2)s1. The van der Waals surface area contributed by atoms with Gasteiger partial charge in [-0.1, -0.05) is 13.3 Å². The zero-order valence-electron chi connectivity index (χ0n) is 10.9. The standard InChI is InChI=1S/C13H21N3OS/c1-2-11-10-15-13(18-11)12(17)14-6-9-16-7-4-3-5-8-16/h10H,2-9H2,1H3,(H,14,17). The van der Waals surface area contributed by atoms with E-state index in [1.54, 1.807) is 6.20 Å². The van der Waals surface area contributed by atoms with Gasteiger partial charge in [-0.3, -0.25) is 4.79 Å². The number of carbonyl (C=O) groups is 1. The van der Waals surface area contributed by atoms with E-state index in [1.807, 2.05) is 0 Å². The maximum Gasteiger partial charge on any atom is 0.280 e. The van der Waals surface area contributed by atoms with Gasteiger partial charge in [0.1, 0.15) is 0 Å². The monoisotopic (exact) mass is 267 g/mol. The minimum Gasteiger partial charge on any atom is -0.349 e. The van der Waals surface area contributed by atoms with Gasteiger partial charge in [0.15, 0.2) is 5.01 Å². The van der Waals surface area contributed by atoms with Crippen LogP contribution in [-0.2, 0) is 6.42 Å². The molecule has 0 bridgehead atoms. The minimum absolute atomic E-state index is 0.0308. The molecule has 1 aromatic rings. The number of aryl methyl sites for hydroxylation is 1. The van der Waals surface area contributed by atoms with E-state index in [9.17, 15) is 4.79 Å². The zero-order chi connectivity index (χ0) is 12.8. The number of nitrogens with one attached hydrogen (secondary N) is 1. The molecule has 5 heteroatoms. The van der Waals surface area contributed by atoms with Gasteiger partial charge in [0.25, 0.3) is 5.91 Å². The fraction of sp³-hybridized carbons (Fsp3) is 0.692. The van der Waals surface area contributed by atoms with E-state index >= 15 is 0 Å². The Kier molecular flexibility index (Phi) is 5.13. The molecule has 0 unspecified atom stereocenters. The van der Waals surface area contributed by atoms with Crippen LogP contribution >= 0.6 is 11.3 Å². The van der Waals surface area contributed by atoms with Gasteiger partial charge in [0.2, 0.25) is 0 Å². The zero-order valence-corrected chi connectivity index (χ0v) is 11.8. The van der Waals surface area contributed by atoms with Crippen LogP contribution < -0.4 is 5.32 Å². The lowest BCUT2D eigenvalue weighted by Gasteiger charge is -2.26. The van der Waals surface area contributed by atoms with Crippen LogP contribution in [0.25, 0.3) is 0 Å². The summed E-state index contributed by atoms with van der Waals surface area (Å²) in [5, 5.41) is 3.54. The first-order chi connectivity index (χ1) is 8.79. The van der Waals surface area contributed by atoms with Crippen molar-refractivity contribution in [1.82, 2.24) is 15.2 Å². The number of carbonyl (C=O) groups excluding carboxylic acids is 1. The van der Waals surface area contributed by atoms with Crippen molar-refractivity contribution in [3.05, 3.63) is 16.1 Å². The van der Waals surface area contributed by atoms with E-state index < -0.39 is 0 Å². The van der Waals surface area contributed by atoms with Crippen LogP contribution in [0.1, 0.15) is 40.9 Å². The molecule has 2 heterocycles. The van der Waals surface area contributed by atoms with Crippen molar-refractivity contribution >= 4 is 17.2 Å². The number of likely N-dealkylation sites (tertiary alicyclic amines) is 1. The fourth-order valence-corrected chi connectivity index (χ4v) is 2.93. The molecule has 1 aromatic heterocycles. The molecule has 1 aliphatic heterocycles. The minimum atomic E-state index is -0.0308. The highest BCUT2D eigenvalue weighted by atomic mass is 32.1. The molecule has 18 heavy (non-hydrogen) atoms. The summed E-state index contributed by atoms with van der Waals surface area (Å²) < 4.78 is 0. The number of nitrogens with zero attached hydrogens (tertiary/aromatic N) is 2. The van der Waals surface area contributed by atoms with E-state index in [0.717, 1.165) is 24.4 Å². The third-order valence-corrected chi connectivity index (χ3v) is 4.40. The van der Waals surface area contributed by atoms with Gasteiger partial charge in [-0.2, -0.15) is 0 Å². The van der Waals surface area contributed by atoms with Gasteiger partial charge < -0.3 is 10.2 Å². The second kappa shape index (κ2) is 6.85. The van der Waals surface area contributed by atoms with Crippen LogP contribution in [-0.4, -0.2) is 42.0 Å².